The van der Waals surface area contributed by atoms with Crippen LogP contribution in [0.3, 0.4) is 0 Å². The number of hydrogen-bond donors (Lipinski definition) is 0. The third-order valence-electron chi connectivity index (χ3n) is 7.25. The third-order valence-corrected chi connectivity index (χ3v) is 24.3. The van der Waals surface area contributed by atoms with Crippen LogP contribution in [0.5, 0.6) is 0 Å². The normalized spacial score (nSPS) is 12.8. The molecule has 0 saturated heterocycles. The minimum absolute atomic E-state index is 1.21. The zero-order valence-corrected chi connectivity index (χ0v) is 27.0. The van der Waals surface area contributed by atoms with E-state index in [1.165, 1.54) is 33.3 Å². The van der Waals surface area contributed by atoms with Gasteiger partial charge < -0.3 is 0 Å². The second-order valence-corrected chi connectivity index (χ2v) is 27.8. The van der Waals surface area contributed by atoms with E-state index in [1.807, 2.05) is 0 Å². The highest BCUT2D eigenvalue weighted by atomic mass is 31.2. The van der Waals surface area contributed by atoms with Crippen molar-refractivity contribution in [1.82, 2.24) is 0 Å². The molecule has 38 heavy (non-hydrogen) atoms. The Morgan fingerprint density at radius 3 is 0.868 bits per heavy atom. The summed E-state index contributed by atoms with van der Waals surface area (Å²) in [5.74, 6) is 5.24. The Hall–Kier alpha value is -1.70. The molecular weight excluding hydrogens is 524 g/mol. The summed E-state index contributed by atoms with van der Waals surface area (Å²) in [6.45, 7) is 9.96. The van der Waals surface area contributed by atoms with Gasteiger partial charge in [0.2, 0.25) is 0 Å². The molecule has 6 heteroatoms. The van der Waals surface area contributed by atoms with E-state index in [9.17, 15) is 0 Å². The Kier molecular flexibility index (Phi) is 9.42. The number of hydrogen-bond acceptors (Lipinski definition) is 0. The Labute approximate surface area is 237 Å². The largest absolute Gasteiger partial charge is 0.342 e. The Morgan fingerprint density at radius 2 is 0.658 bits per heavy atom. The van der Waals surface area contributed by atoms with Crippen LogP contribution < -0.4 is 21.2 Å². The first-order valence-electron chi connectivity index (χ1n) is 13.4. The predicted molar refractivity (Wildman–Crippen MR) is 183 cm³/mol. The van der Waals surface area contributed by atoms with Crippen LogP contribution >= 0.6 is 14.3 Å². The summed E-state index contributed by atoms with van der Waals surface area (Å²) in [5, 5.41) is 5.04. The minimum atomic E-state index is -2.09. The van der Waals surface area contributed by atoms with Gasteiger partial charge in [0.25, 0.3) is 0 Å². The quantitative estimate of drug-likeness (QED) is 0.102. The molecule has 0 aliphatic rings. The van der Waals surface area contributed by atoms with Gasteiger partial charge in [0, 0.05) is 0 Å². The average molecular weight is 562 g/mol. The van der Waals surface area contributed by atoms with Gasteiger partial charge in [-0.3, -0.25) is 0 Å². The van der Waals surface area contributed by atoms with Crippen LogP contribution in [0, 0.1) is 11.6 Å². The molecule has 0 N–H and O–H groups in total. The van der Waals surface area contributed by atoms with E-state index in [2.05, 4.69) is 159 Å². The molecule has 0 heterocycles. The highest BCUT2D eigenvalue weighted by Crippen LogP contribution is 2.59. The molecule has 0 nitrogen and oxygen atoms in total. The summed E-state index contributed by atoms with van der Waals surface area (Å²) in [5.41, 5.74) is 0. The van der Waals surface area contributed by atoms with Crippen molar-refractivity contribution in [2.24, 2.45) is 0 Å². The Balaban J connectivity index is 1.56. The maximum atomic E-state index is 7.40. The Morgan fingerprint density at radius 1 is 0.447 bits per heavy atom. The van der Waals surface area contributed by atoms with Gasteiger partial charge in [-0.15, -0.1) is 14.3 Å². The maximum Gasteiger partial charge on any atom is 0.342 e. The monoisotopic (exact) mass is 562 g/mol. The topological polar surface area (TPSA) is 0 Å². The van der Waals surface area contributed by atoms with Gasteiger partial charge in [0.1, 0.15) is 0 Å². The summed E-state index contributed by atoms with van der Waals surface area (Å²) < 4.78 is 0. The molecule has 0 amide bonds. The predicted octanol–water partition coefficient (Wildman–Crippen LogP) is 7.31. The lowest BCUT2D eigenvalue weighted by atomic mass is 10.4. The van der Waals surface area contributed by atoms with Crippen molar-refractivity contribution < 1.29 is 0 Å². The minimum Gasteiger partial charge on any atom is -0.172 e. The summed E-state index contributed by atoms with van der Waals surface area (Å²) in [6.07, 6.45) is 0. The van der Waals surface area contributed by atoms with Crippen LogP contribution in [0.25, 0.3) is 0 Å². The molecule has 0 aliphatic carbocycles. The Bertz CT molecular complexity index is 1100. The fourth-order valence-electron chi connectivity index (χ4n) is 5.17. The zero-order valence-electron chi connectivity index (χ0n) is 23.2. The van der Waals surface area contributed by atoms with Crippen LogP contribution in [0.15, 0.2) is 121 Å². The van der Waals surface area contributed by atoms with Crippen molar-refractivity contribution in [3.05, 3.63) is 133 Å². The lowest BCUT2D eigenvalue weighted by molar-refractivity contribution is 1.29. The van der Waals surface area contributed by atoms with E-state index in [0.717, 1.165) is 0 Å². The fraction of sp³-hybridized carbons (Fsp3) is 0.188. The van der Waals surface area contributed by atoms with Crippen molar-refractivity contribution >= 4 is 66.8 Å². The van der Waals surface area contributed by atoms with Crippen LogP contribution in [0.2, 0.25) is 38.3 Å². The summed E-state index contributed by atoms with van der Waals surface area (Å²) in [4.78, 5) is 0. The molecule has 4 aromatic carbocycles. The fourth-order valence-corrected chi connectivity index (χ4v) is 25.8. The van der Waals surface area contributed by atoms with E-state index in [1.54, 1.807) is 0 Å². The average Bonchev–Trinajstić information content (AvgIpc) is 2.93. The molecule has 0 aromatic heterocycles. The number of benzene rings is 4. The first kappa shape index (κ1) is 29.3. The lowest BCUT2D eigenvalue weighted by Crippen LogP contribution is -2.39. The van der Waals surface area contributed by atoms with Gasteiger partial charge in [-0.05, 0) is 48.5 Å². The third kappa shape index (κ3) is 7.08. The summed E-state index contributed by atoms with van der Waals surface area (Å²) in [6, 6.07) is 45.3. The standard InChI is InChI=1S/C32H38B2P2Si2/c1-37(2,27-35(33,29-17-9-5-10-18-29)30-19-11-6-12-20-30)25-26-38(3,4)28-36(34,31-21-13-7-14-22-31)32-23-15-8-16-24-32/h5-24,27-28H,25-26H2,1-4H3. The van der Waals surface area contributed by atoms with Crippen molar-refractivity contribution in [2.75, 3.05) is 0 Å². The van der Waals surface area contributed by atoms with E-state index < -0.39 is 30.4 Å². The summed E-state index contributed by atoms with van der Waals surface area (Å²) >= 11 is 0. The molecular formula is C32H38B2P2Si2. The van der Waals surface area contributed by atoms with Crippen molar-refractivity contribution in [3.63, 3.8) is 0 Å². The SMILES string of the molecule is [B][P+]([CH-][Si](C)(C)CC[Si](C)(C)[CH-][P+]([B])(c1ccccc1)c1ccccc1)(c1ccccc1)c1ccccc1. The van der Waals surface area contributed by atoms with Gasteiger partial charge in [0.05, 0.1) is 21.2 Å². The maximum absolute atomic E-state index is 7.40. The molecule has 4 radical (unpaired) electrons. The van der Waals surface area contributed by atoms with Crippen molar-refractivity contribution in [3.8, 4) is 0 Å². The van der Waals surface area contributed by atoms with E-state index in [4.69, 9.17) is 15.1 Å². The van der Waals surface area contributed by atoms with E-state index in [0.29, 0.717) is 0 Å². The molecule has 0 unspecified atom stereocenters. The van der Waals surface area contributed by atoms with E-state index >= 15 is 0 Å². The van der Waals surface area contributed by atoms with Gasteiger partial charge >= 0.3 is 15.1 Å². The zero-order chi connectivity index (χ0) is 27.3. The highest BCUT2D eigenvalue weighted by molar-refractivity contribution is 8.11. The molecule has 4 aromatic rings. The lowest BCUT2D eigenvalue weighted by Gasteiger charge is -2.46. The first-order valence-corrected chi connectivity index (χ1v) is 23.8. The van der Waals surface area contributed by atoms with Crippen LogP contribution in [-0.2, 0) is 0 Å². The van der Waals surface area contributed by atoms with Gasteiger partial charge in [-0.1, -0.05) is 127 Å². The molecule has 0 saturated carbocycles. The first-order chi connectivity index (χ1) is 18.0. The van der Waals surface area contributed by atoms with Crippen LogP contribution in [0.1, 0.15) is 0 Å². The summed E-state index contributed by atoms with van der Waals surface area (Å²) in [7, 11) is 7.09. The van der Waals surface area contributed by atoms with Crippen LogP contribution in [-0.4, -0.2) is 31.3 Å². The molecule has 0 atom stereocenters. The van der Waals surface area contributed by atoms with Crippen LogP contribution in [0.4, 0.5) is 0 Å². The second kappa shape index (κ2) is 12.2. The molecule has 4 rings (SSSR count). The van der Waals surface area contributed by atoms with Crippen molar-refractivity contribution in [1.29, 1.82) is 0 Å². The van der Waals surface area contributed by atoms with Gasteiger partial charge in [0.15, 0.2) is 0 Å². The van der Waals surface area contributed by atoms with E-state index in [-0.39, 0.29) is 0 Å². The second-order valence-electron chi connectivity index (χ2n) is 11.6. The van der Waals surface area contributed by atoms with Gasteiger partial charge in [-0.25, -0.2) is 0 Å². The number of rotatable bonds is 11. The smallest absolute Gasteiger partial charge is 0.172 e. The molecule has 0 spiro atoms. The highest BCUT2D eigenvalue weighted by Gasteiger charge is 2.36. The van der Waals surface area contributed by atoms with Gasteiger partial charge in [-0.2, -0.15) is 11.6 Å². The molecule has 0 fully saturated rings. The molecule has 190 valence electrons. The van der Waals surface area contributed by atoms with Crippen molar-refractivity contribution in [2.45, 2.75) is 38.3 Å². The molecule has 0 aliphatic heterocycles. The molecule has 0 bridgehead atoms.